The molecule has 8 aromatic rings. The van der Waals surface area contributed by atoms with E-state index in [0.29, 0.717) is 17.5 Å². The molecule has 0 bridgehead atoms. The summed E-state index contributed by atoms with van der Waals surface area (Å²) < 4.78 is 0. The van der Waals surface area contributed by atoms with E-state index in [9.17, 15) is 0 Å². The largest absolute Gasteiger partial charge is 0.256 e. The van der Waals surface area contributed by atoms with Crippen molar-refractivity contribution in [3.63, 3.8) is 0 Å². The normalized spacial score (nSPS) is 11.5. The fourth-order valence-corrected chi connectivity index (χ4v) is 6.40. The second-order valence-corrected chi connectivity index (χ2v) is 11.9. The summed E-state index contributed by atoms with van der Waals surface area (Å²) in [6, 6.07) is 48.5. The number of benzene rings is 6. The molecule has 6 aromatic carbocycles. The van der Waals surface area contributed by atoms with Crippen molar-refractivity contribution < 1.29 is 0 Å². The molecule has 0 spiro atoms. The van der Waals surface area contributed by atoms with Crippen LogP contribution in [0.5, 0.6) is 0 Å². The molecule has 228 valence electrons. The summed E-state index contributed by atoms with van der Waals surface area (Å²) in [7, 11) is 0. The van der Waals surface area contributed by atoms with Gasteiger partial charge in [-0.1, -0.05) is 115 Å². The molecule has 0 radical (unpaired) electrons. The smallest absolute Gasteiger partial charge is 0.164 e. The quantitative estimate of drug-likeness (QED) is 0.186. The predicted octanol–water partition coefficient (Wildman–Crippen LogP) is 11.2. The van der Waals surface area contributed by atoms with Crippen LogP contribution in [0.1, 0.15) is 18.1 Å². The second-order valence-electron chi connectivity index (χ2n) is 11.9. The van der Waals surface area contributed by atoms with Gasteiger partial charge in [0.25, 0.3) is 0 Å². The van der Waals surface area contributed by atoms with Gasteiger partial charge in [-0.25, -0.2) is 15.0 Å². The number of pyridine rings is 1. The Morgan fingerprint density at radius 1 is 0.479 bits per heavy atom. The monoisotopic (exact) mass is 616 g/mol. The molecule has 2 aromatic heterocycles. The van der Waals surface area contributed by atoms with Crippen LogP contribution in [-0.2, 0) is 0 Å². The van der Waals surface area contributed by atoms with Crippen molar-refractivity contribution in [3.05, 3.63) is 163 Å². The van der Waals surface area contributed by atoms with Crippen LogP contribution in [-0.4, -0.2) is 19.9 Å². The summed E-state index contributed by atoms with van der Waals surface area (Å²) in [5.74, 6) is 1.90. The van der Waals surface area contributed by atoms with Crippen LogP contribution in [0.4, 0.5) is 0 Å². The van der Waals surface area contributed by atoms with Gasteiger partial charge in [0, 0.05) is 28.3 Å². The molecule has 2 heterocycles. The number of fused-ring (bicyclic) bond motifs is 2. The van der Waals surface area contributed by atoms with Gasteiger partial charge in [0.05, 0.1) is 5.52 Å². The zero-order valence-electron chi connectivity index (χ0n) is 26.8. The van der Waals surface area contributed by atoms with Crippen LogP contribution in [0.25, 0.3) is 84.2 Å². The van der Waals surface area contributed by atoms with Gasteiger partial charge in [0.2, 0.25) is 0 Å². The summed E-state index contributed by atoms with van der Waals surface area (Å²) in [6.45, 7) is 4.23. The maximum absolute atomic E-state index is 5.08. The number of aromatic nitrogens is 4. The zero-order valence-corrected chi connectivity index (χ0v) is 26.8. The van der Waals surface area contributed by atoms with Crippen LogP contribution in [0.3, 0.4) is 0 Å². The molecule has 8 rings (SSSR count). The van der Waals surface area contributed by atoms with Crippen molar-refractivity contribution in [1.82, 2.24) is 19.9 Å². The van der Waals surface area contributed by atoms with Crippen LogP contribution in [0, 0.1) is 6.92 Å². The van der Waals surface area contributed by atoms with Gasteiger partial charge >= 0.3 is 0 Å². The van der Waals surface area contributed by atoms with E-state index < -0.39 is 0 Å². The van der Waals surface area contributed by atoms with E-state index in [-0.39, 0.29) is 0 Å². The fourth-order valence-electron chi connectivity index (χ4n) is 6.40. The summed E-state index contributed by atoms with van der Waals surface area (Å²) in [6.07, 6.45) is 6.14. The lowest BCUT2D eigenvalue weighted by Gasteiger charge is -2.14. The van der Waals surface area contributed by atoms with E-state index >= 15 is 0 Å². The number of hydrogen-bond acceptors (Lipinski definition) is 4. The molecule has 0 aliphatic heterocycles. The van der Waals surface area contributed by atoms with Crippen molar-refractivity contribution in [3.8, 4) is 56.4 Å². The van der Waals surface area contributed by atoms with Gasteiger partial charge in [-0.15, -0.1) is 0 Å². The van der Waals surface area contributed by atoms with Crippen LogP contribution in [0.15, 0.2) is 152 Å². The van der Waals surface area contributed by atoms with E-state index in [0.717, 1.165) is 49.8 Å². The Labute approximate surface area is 280 Å². The lowest BCUT2D eigenvalue weighted by atomic mass is 9.92. The van der Waals surface area contributed by atoms with Crippen LogP contribution in [0.2, 0.25) is 0 Å². The first-order chi connectivity index (χ1) is 23.6. The summed E-state index contributed by atoms with van der Waals surface area (Å²) in [4.78, 5) is 19.7. The van der Waals surface area contributed by atoms with Crippen molar-refractivity contribution in [1.29, 1.82) is 0 Å². The number of allylic oxidation sites excluding steroid dienone is 1. The van der Waals surface area contributed by atoms with E-state index in [2.05, 4.69) is 104 Å². The number of rotatable bonds is 6. The highest BCUT2D eigenvalue weighted by Gasteiger charge is 2.16. The standard InChI is InChI=1S/C44H32N4/c1-3-12-37-29(2)20-21-33-25-32(22-23-39(33)37)34-26-35(38-17-10-19-41-40(38)18-11-24-45-41)28-36(27-34)44-47-42(30-13-6-4-7-14-30)46-43(48-44)31-15-8-5-9-16-31/h3-28H,1-2H3/b12-3-. The third kappa shape index (κ3) is 5.54. The van der Waals surface area contributed by atoms with Crippen molar-refractivity contribution in [2.45, 2.75) is 13.8 Å². The van der Waals surface area contributed by atoms with E-state index in [1.807, 2.05) is 72.9 Å². The number of aryl methyl sites for hydroxylation is 1. The van der Waals surface area contributed by atoms with E-state index in [1.54, 1.807) is 0 Å². The van der Waals surface area contributed by atoms with Gasteiger partial charge in [-0.05, 0) is 94.4 Å². The molecule has 0 atom stereocenters. The third-order valence-corrected chi connectivity index (χ3v) is 8.79. The fraction of sp³-hybridized carbons (Fsp3) is 0.0455. The summed E-state index contributed by atoms with van der Waals surface area (Å²) in [5.41, 5.74) is 10.7. The predicted molar refractivity (Wildman–Crippen MR) is 199 cm³/mol. The SMILES string of the molecule is C/C=C\c1c(C)ccc2cc(-c3cc(-c4nc(-c5ccccc5)nc(-c5ccccc5)n4)cc(-c4cccc5ncccc45)c3)ccc12. The molecular formula is C44H32N4. The van der Waals surface area contributed by atoms with Crippen molar-refractivity contribution in [2.75, 3.05) is 0 Å². The molecule has 0 saturated heterocycles. The van der Waals surface area contributed by atoms with Gasteiger partial charge in [0.15, 0.2) is 17.5 Å². The zero-order chi connectivity index (χ0) is 32.5. The maximum Gasteiger partial charge on any atom is 0.164 e. The average molecular weight is 617 g/mol. The lowest BCUT2D eigenvalue weighted by molar-refractivity contribution is 1.07. The third-order valence-electron chi connectivity index (χ3n) is 8.79. The number of nitrogens with zero attached hydrogens (tertiary/aromatic N) is 4. The molecule has 0 amide bonds. The lowest BCUT2D eigenvalue weighted by Crippen LogP contribution is -2.00. The molecule has 4 heteroatoms. The van der Waals surface area contributed by atoms with Gasteiger partial charge < -0.3 is 0 Å². The molecule has 0 aliphatic rings. The molecule has 4 nitrogen and oxygen atoms in total. The van der Waals surface area contributed by atoms with Crippen LogP contribution < -0.4 is 0 Å². The minimum absolute atomic E-state index is 0.621. The van der Waals surface area contributed by atoms with Gasteiger partial charge in [-0.3, -0.25) is 4.98 Å². The van der Waals surface area contributed by atoms with E-state index in [1.165, 1.54) is 21.9 Å². The Hall–Kier alpha value is -6.26. The van der Waals surface area contributed by atoms with Gasteiger partial charge in [0.1, 0.15) is 0 Å². The van der Waals surface area contributed by atoms with E-state index in [4.69, 9.17) is 15.0 Å². The Morgan fingerprint density at radius 2 is 1.15 bits per heavy atom. The molecular weight excluding hydrogens is 585 g/mol. The molecule has 0 unspecified atom stereocenters. The van der Waals surface area contributed by atoms with Crippen LogP contribution >= 0.6 is 0 Å². The highest BCUT2D eigenvalue weighted by Crippen LogP contribution is 2.37. The molecule has 48 heavy (non-hydrogen) atoms. The second kappa shape index (κ2) is 12.5. The summed E-state index contributed by atoms with van der Waals surface area (Å²) in [5, 5.41) is 3.54. The Kier molecular flexibility index (Phi) is 7.60. The Bertz CT molecular complexity index is 2400. The highest BCUT2D eigenvalue weighted by atomic mass is 15.0. The highest BCUT2D eigenvalue weighted by molar-refractivity contribution is 5.98. The Balaban J connectivity index is 1.38. The molecule has 0 fully saturated rings. The van der Waals surface area contributed by atoms with Crippen molar-refractivity contribution in [2.24, 2.45) is 0 Å². The summed E-state index contributed by atoms with van der Waals surface area (Å²) >= 11 is 0. The molecule has 0 saturated carbocycles. The molecule has 0 N–H and O–H groups in total. The van der Waals surface area contributed by atoms with Crippen molar-refractivity contribution >= 4 is 27.8 Å². The minimum atomic E-state index is 0.621. The first-order valence-corrected chi connectivity index (χ1v) is 16.2. The average Bonchev–Trinajstić information content (AvgIpc) is 3.16. The number of hydrogen-bond donors (Lipinski definition) is 0. The maximum atomic E-state index is 5.08. The minimum Gasteiger partial charge on any atom is -0.256 e. The Morgan fingerprint density at radius 3 is 1.85 bits per heavy atom. The topological polar surface area (TPSA) is 51.6 Å². The van der Waals surface area contributed by atoms with Gasteiger partial charge in [-0.2, -0.15) is 0 Å². The molecule has 0 aliphatic carbocycles. The first-order valence-electron chi connectivity index (χ1n) is 16.2. The first kappa shape index (κ1) is 29.2.